The van der Waals surface area contributed by atoms with Crippen molar-refractivity contribution in [2.24, 2.45) is 0 Å². The largest absolute Gasteiger partial charge is 0.324 e. The van der Waals surface area contributed by atoms with E-state index in [9.17, 15) is 18.4 Å². The molecule has 1 aliphatic heterocycles. The lowest BCUT2D eigenvalue weighted by Crippen LogP contribution is -2.40. The van der Waals surface area contributed by atoms with Crippen molar-refractivity contribution < 1.29 is 18.4 Å². The number of aromatic nitrogens is 2. The van der Waals surface area contributed by atoms with Gasteiger partial charge < -0.3 is 10.2 Å². The van der Waals surface area contributed by atoms with E-state index in [2.05, 4.69) is 15.3 Å². The molecule has 9 heteroatoms. The SMILES string of the molecule is Cc1cc2c(c(F)n1)-c1cccnc1[C@@H](C)C(=O)N2CC(=O)Nc1ccc(F)c(Cl)c1. The summed E-state index contributed by atoms with van der Waals surface area (Å²) < 4.78 is 28.3. The van der Waals surface area contributed by atoms with Gasteiger partial charge in [-0.05, 0) is 44.2 Å². The van der Waals surface area contributed by atoms with Crippen molar-refractivity contribution in [3.63, 3.8) is 0 Å². The van der Waals surface area contributed by atoms with E-state index in [4.69, 9.17) is 11.6 Å². The Balaban J connectivity index is 1.75. The van der Waals surface area contributed by atoms with Crippen LogP contribution in [0.25, 0.3) is 11.1 Å². The average Bonchev–Trinajstić information content (AvgIpc) is 2.80. The molecule has 3 aromatic rings. The first-order valence-electron chi connectivity index (χ1n) is 9.45. The van der Waals surface area contributed by atoms with E-state index in [0.717, 1.165) is 6.07 Å². The Bertz CT molecular complexity index is 1220. The van der Waals surface area contributed by atoms with Crippen molar-refractivity contribution in [1.82, 2.24) is 9.97 Å². The first kappa shape index (κ1) is 20.9. The molecule has 1 aromatic carbocycles. The van der Waals surface area contributed by atoms with E-state index in [0.29, 0.717) is 17.0 Å². The number of amides is 2. The fourth-order valence-corrected chi connectivity index (χ4v) is 3.79. The molecule has 1 aliphatic rings. The molecule has 1 atom stereocenters. The number of hydrogen-bond donors (Lipinski definition) is 1. The number of aryl methyl sites for hydroxylation is 1. The summed E-state index contributed by atoms with van der Waals surface area (Å²) in [5.74, 6) is -3.04. The number of halogens is 3. The molecule has 6 nitrogen and oxygen atoms in total. The second kappa shape index (κ2) is 8.03. The zero-order valence-corrected chi connectivity index (χ0v) is 17.4. The van der Waals surface area contributed by atoms with Gasteiger partial charge in [0.2, 0.25) is 17.8 Å². The Morgan fingerprint density at radius 3 is 2.77 bits per heavy atom. The van der Waals surface area contributed by atoms with Crippen LogP contribution in [-0.4, -0.2) is 28.3 Å². The quantitative estimate of drug-likeness (QED) is 0.607. The number of hydrogen-bond acceptors (Lipinski definition) is 4. The smallest absolute Gasteiger partial charge is 0.244 e. The van der Waals surface area contributed by atoms with E-state index in [1.54, 1.807) is 32.0 Å². The van der Waals surface area contributed by atoms with Crippen molar-refractivity contribution in [3.8, 4) is 11.1 Å². The monoisotopic (exact) mass is 442 g/mol. The molecular formula is C22H17ClF2N4O2. The van der Waals surface area contributed by atoms with Gasteiger partial charge in [-0.15, -0.1) is 0 Å². The van der Waals surface area contributed by atoms with Gasteiger partial charge in [0.25, 0.3) is 0 Å². The maximum atomic E-state index is 15.0. The highest BCUT2D eigenvalue weighted by Gasteiger charge is 2.35. The minimum absolute atomic E-state index is 0.115. The van der Waals surface area contributed by atoms with E-state index in [-0.39, 0.29) is 28.5 Å². The highest BCUT2D eigenvalue weighted by atomic mass is 35.5. The Hall–Kier alpha value is -3.39. The van der Waals surface area contributed by atoms with E-state index < -0.39 is 29.5 Å². The Morgan fingerprint density at radius 1 is 1.26 bits per heavy atom. The Kier molecular flexibility index (Phi) is 5.41. The second-order valence-electron chi connectivity index (χ2n) is 7.21. The summed E-state index contributed by atoms with van der Waals surface area (Å²) in [5.41, 5.74) is 1.85. The van der Waals surface area contributed by atoms with Gasteiger partial charge >= 0.3 is 0 Å². The predicted molar refractivity (Wildman–Crippen MR) is 113 cm³/mol. The zero-order chi connectivity index (χ0) is 22.3. The van der Waals surface area contributed by atoms with Crippen LogP contribution in [0.2, 0.25) is 5.02 Å². The third-order valence-corrected chi connectivity index (χ3v) is 5.32. The summed E-state index contributed by atoms with van der Waals surface area (Å²) in [6, 6.07) is 8.64. The van der Waals surface area contributed by atoms with Crippen LogP contribution in [0.1, 0.15) is 24.2 Å². The van der Waals surface area contributed by atoms with Gasteiger partial charge in [-0.25, -0.2) is 9.37 Å². The topological polar surface area (TPSA) is 75.2 Å². The van der Waals surface area contributed by atoms with E-state index in [1.165, 1.54) is 23.2 Å². The van der Waals surface area contributed by atoms with Crippen molar-refractivity contribution in [2.45, 2.75) is 19.8 Å². The summed E-state index contributed by atoms with van der Waals surface area (Å²) in [6.45, 7) is 2.87. The van der Waals surface area contributed by atoms with Gasteiger partial charge in [-0.1, -0.05) is 17.7 Å². The molecule has 158 valence electrons. The zero-order valence-electron chi connectivity index (χ0n) is 16.6. The molecule has 2 amide bonds. The van der Waals surface area contributed by atoms with Gasteiger partial charge in [-0.3, -0.25) is 14.6 Å². The lowest BCUT2D eigenvalue weighted by atomic mass is 9.98. The lowest BCUT2D eigenvalue weighted by molar-refractivity contribution is -0.122. The van der Waals surface area contributed by atoms with Gasteiger partial charge in [-0.2, -0.15) is 4.39 Å². The molecule has 2 aromatic heterocycles. The molecule has 0 aliphatic carbocycles. The van der Waals surface area contributed by atoms with Crippen molar-refractivity contribution in [3.05, 3.63) is 70.8 Å². The highest BCUT2D eigenvalue weighted by molar-refractivity contribution is 6.31. The number of carbonyl (C=O) groups excluding carboxylic acids is 2. The molecule has 1 N–H and O–H groups in total. The fourth-order valence-electron chi connectivity index (χ4n) is 3.61. The van der Waals surface area contributed by atoms with Gasteiger partial charge in [0, 0.05) is 23.1 Å². The van der Waals surface area contributed by atoms with Gasteiger partial charge in [0.1, 0.15) is 12.4 Å². The van der Waals surface area contributed by atoms with Crippen LogP contribution in [0.4, 0.5) is 20.2 Å². The average molecular weight is 443 g/mol. The number of nitrogens with one attached hydrogen (secondary N) is 1. The number of pyridine rings is 2. The number of nitrogens with zero attached hydrogens (tertiary/aromatic N) is 3. The molecule has 4 rings (SSSR count). The summed E-state index contributed by atoms with van der Waals surface area (Å²) >= 11 is 5.76. The number of rotatable bonds is 3. The Morgan fingerprint density at radius 2 is 2.03 bits per heavy atom. The molecule has 0 fully saturated rings. The van der Waals surface area contributed by atoms with Crippen LogP contribution in [0, 0.1) is 18.7 Å². The highest BCUT2D eigenvalue weighted by Crippen LogP contribution is 2.41. The third-order valence-electron chi connectivity index (χ3n) is 5.03. The van der Waals surface area contributed by atoms with Crippen molar-refractivity contribution in [1.29, 1.82) is 0 Å². The molecule has 0 radical (unpaired) electrons. The van der Waals surface area contributed by atoms with E-state index in [1.807, 2.05) is 0 Å². The minimum Gasteiger partial charge on any atom is -0.324 e. The molecule has 31 heavy (non-hydrogen) atoms. The van der Waals surface area contributed by atoms with Crippen LogP contribution in [0.3, 0.4) is 0 Å². The van der Waals surface area contributed by atoms with Crippen LogP contribution in [0.15, 0.2) is 42.6 Å². The standard InChI is InChI=1S/C22H17ClF2N4O2/c1-11-8-17-19(21(25)27-11)14-4-3-7-26-20(14)12(2)22(31)29(17)10-18(30)28-13-5-6-16(24)15(23)9-13/h3-9,12H,10H2,1-2H3,(H,28,30)/t12-/m1/s1. The normalized spacial score (nSPS) is 15.2. The predicted octanol–water partition coefficient (Wildman–Crippen LogP) is 4.47. The maximum Gasteiger partial charge on any atom is 0.244 e. The number of benzene rings is 1. The van der Waals surface area contributed by atoms with Crippen LogP contribution in [0.5, 0.6) is 0 Å². The fraction of sp³-hybridized carbons (Fsp3) is 0.182. The molecule has 0 saturated carbocycles. The van der Waals surface area contributed by atoms with E-state index >= 15 is 0 Å². The van der Waals surface area contributed by atoms with Gasteiger partial charge in [0.15, 0.2) is 0 Å². The summed E-state index contributed by atoms with van der Waals surface area (Å²) in [5, 5.41) is 2.44. The molecular weight excluding hydrogens is 426 g/mol. The number of carbonyl (C=O) groups is 2. The first-order valence-corrected chi connectivity index (χ1v) is 9.82. The number of anilines is 2. The van der Waals surface area contributed by atoms with Gasteiger partial charge in [0.05, 0.1) is 27.9 Å². The second-order valence-corrected chi connectivity index (χ2v) is 7.62. The summed E-state index contributed by atoms with van der Waals surface area (Å²) in [7, 11) is 0. The summed E-state index contributed by atoms with van der Waals surface area (Å²) in [6.07, 6.45) is 1.53. The first-order chi connectivity index (χ1) is 14.8. The Labute approximate surface area is 181 Å². The molecule has 0 bridgehead atoms. The van der Waals surface area contributed by atoms with Crippen molar-refractivity contribution >= 4 is 34.8 Å². The molecule has 0 spiro atoms. The number of fused-ring (bicyclic) bond motifs is 3. The van der Waals surface area contributed by atoms with Crippen LogP contribution >= 0.6 is 11.6 Å². The molecule has 0 unspecified atom stereocenters. The lowest BCUT2D eigenvalue weighted by Gasteiger charge is -2.24. The van der Waals surface area contributed by atoms with Crippen LogP contribution in [-0.2, 0) is 9.59 Å². The maximum absolute atomic E-state index is 15.0. The molecule has 0 saturated heterocycles. The third kappa shape index (κ3) is 3.86. The minimum atomic E-state index is -0.748. The summed E-state index contributed by atoms with van der Waals surface area (Å²) in [4.78, 5) is 35.4. The molecule has 3 heterocycles. The van der Waals surface area contributed by atoms with Crippen LogP contribution < -0.4 is 10.2 Å². The van der Waals surface area contributed by atoms with Crippen molar-refractivity contribution in [2.75, 3.05) is 16.8 Å².